The van der Waals surface area contributed by atoms with Crippen molar-refractivity contribution >= 4 is 29.5 Å². The van der Waals surface area contributed by atoms with Gasteiger partial charge in [0, 0.05) is 44.5 Å². The molecule has 2 aliphatic rings. The van der Waals surface area contributed by atoms with Gasteiger partial charge in [-0.2, -0.15) is 0 Å². The van der Waals surface area contributed by atoms with Gasteiger partial charge in [0.05, 0.1) is 6.20 Å². The standard InChI is InChI=1S/C24H23FN6O2/c1-28-21(16-32)31(20-15-26-22(27-23(20)28)17-5-3-2-4-6-17)24(33)30-13-11-29(12-14-30)19-9-7-18(25)8-10-19/h2-10,15-16,21H,11-14H2,1H3. The van der Waals surface area contributed by atoms with Crippen molar-refractivity contribution in [1.82, 2.24) is 14.9 Å². The largest absolute Gasteiger partial charge is 0.368 e. The number of amides is 2. The van der Waals surface area contributed by atoms with Crippen LogP contribution >= 0.6 is 0 Å². The molecule has 33 heavy (non-hydrogen) atoms. The monoisotopic (exact) mass is 446 g/mol. The average molecular weight is 446 g/mol. The molecule has 3 heterocycles. The second-order valence-electron chi connectivity index (χ2n) is 8.03. The van der Waals surface area contributed by atoms with Crippen LogP contribution in [0.1, 0.15) is 0 Å². The molecule has 5 rings (SSSR count). The number of hydrogen-bond donors (Lipinski definition) is 0. The van der Waals surface area contributed by atoms with Crippen LogP contribution in [0.3, 0.4) is 0 Å². The van der Waals surface area contributed by atoms with Crippen LogP contribution < -0.4 is 14.7 Å². The minimum absolute atomic E-state index is 0.257. The molecule has 9 heteroatoms. The van der Waals surface area contributed by atoms with E-state index in [4.69, 9.17) is 0 Å². The lowest BCUT2D eigenvalue weighted by Crippen LogP contribution is -2.56. The van der Waals surface area contributed by atoms with Crippen molar-refractivity contribution < 1.29 is 14.0 Å². The molecule has 0 bridgehead atoms. The van der Waals surface area contributed by atoms with Crippen LogP contribution in [-0.2, 0) is 4.79 Å². The Labute approximate surface area is 190 Å². The number of likely N-dealkylation sites (N-methyl/N-ethyl adjacent to an activating group) is 1. The van der Waals surface area contributed by atoms with E-state index in [9.17, 15) is 14.0 Å². The predicted molar refractivity (Wildman–Crippen MR) is 124 cm³/mol. The zero-order valence-electron chi connectivity index (χ0n) is 18.1. The van der Waals surface area contributed by atoms with Crippen LogP contribution in [-0.4, -0.2) is 66.6 Å². The molecule has 0 spiro atoms. The molecule has 1 aromatic heterocycles. The Morgan fingerprint density at radius 2 is 1.73 bits per heavy atom. The maximum absolute atomic E-state index is 13.5. The van der Waals surface area contributed by atoms with Crippen molar-refractivity contribution in [2.75, 3.05) is 47.9 Å². The Balaban J connectivity index is 1.36. The van der Waals surface area contributed by atoms with E-state index < -0.39 is 6.17 Å². The number of hydrogen-bond acceptors (Lipinski definition) is 6. The Morgan fingerprint density at radius 3 is 2.39 bits per heavy atom. The van der Waals surface area contributed by atoms with Crippen LogP contribution in [0.5, 0.6) is 0 Å². The van der Waals surface area contributed by atoms with E-state index in [1.807, 2.05) is 30.3 Å². The number of aromatic nitrogens is 2. The summed E-state index contributed by atoms with van der Waals surface area (Å²) in [5.41, 5.74) is 2.29. The van der Waals surface area contributed by atoms with E-state index in [0.29, 0.717) is 43.5 Å². The number of carbonyl (C=O) groups excluding carboxylic acids is 2. The first-order chi connectivity index (χ1) is 16.1. The third-order valence-corrected chi connectivity index (χ3v) is 6.11. The molecule has 8 nitrogen and oxygen atoms in total. The van der Waals surface area contributed by atoms with E-state index in [2.05, 4.69) is 14.9 Å². The Hall–Kier alpha value is -4.01. The molecule has 2 aliphatic heterocycles. The summed E-state index contributed by atoms with van der Waals surface area (Å²) >= 11 is 0. The zero-order valence-corrected chi connectivity index (χ0v) is 18.1. The summed E-state index contributed by atoms with van der Waals surface area (Å²) in [7, 11) is 1.75. The number of halogens is 1. The van der Waals surface area contributed by atoms with Crippen LogP contribution in [0, 0.1) is 5.82 Å². The molecule has 0 N–H and O–H groups in total. The Morgan fingerprint density at radius 1 is 1.03 bits per heavy atom. The van der Waals surface area contributed by atoms with E-state index in [1.54, 1.807) is 35.2 Å². The molecule has 2 amide bonds. The second kappa shape index (κ2) is 8.50. The number of carbonyl (C=O) groups is 2. The lowest BCUT2D eigenvalue weighted by atomic mass is 10.2. The smallest absolute Gasteiger partial charge is 0.326 e. The minimum Gasteiger partial charge on any atom is -0.368 e. The highest BCUT2D eigenvalue weighted by atomic mass is 19.1. The van der Waals surface area contributed by atoms with E-state index >= 15 is 0 Å². The quantitative estimate of drug-likeness (QED) is 0.576. The number of fused-ring (bicyclic) bond motifs is 1. The first kappa shape index (κ1) is 20.9. The van der Waals surface area contributed by atoms with Crippen LogP contribution in [0.2, 0.25) is 0 Å². The van der Waals surface area contributed by atoms with Crippen molar-refractivity contribution in [1.29, 1.82) is 0 Å². The van der Waals surface area contributed by atoms with Gasteiger partial charge in [-0.1, -0.05) is 30.3 Å². The maximum Gasteiger partial charge on any atom is 0.326 e. The molecule has 1 atom stereocenters. The van der Waals surface area contributed by atoms with E-state index in [1.165, 1.54) is 17.0 Å². The molecule has 1 fully saturated rings. The zero-order chi connectivity index (χ0) is 22.9. The SMILES string of the molecule is CN1c2nc(-c3ccccc3)ncc2N(C(=O)N2CCN(c3ccc(F)cc3)CC2)C1C=O. The van der Waals surface area contributed by atoms with E-state index in [-0.39, 0.29) is 11.8 Å². The summed E-state index contributed by atoms with van der Waals surface area (Å²) in [6.45, 7) is 2.20. The van der Waals surface area contributed by atoms with Crippen LogP contribution in [0.15, 0.2) is 60.8 Å². The number of aldehydes is 1. The lowest BCUT2D eigenvalue weighted by molar-refractivity contribution is -0.108. The number of piperazine rings is 1. The van der Waals surface area contributed by atoms with Gasteiger partial charge >= 0.3 is 6.03 Å². The number of nitrogens with zero attached hydrogens (tertiary/aromatic N) is 6. The van der Waals surface area contributed by atoms with Gasteiger partial charge in [-0.3, -0.25) is 9.69 Å². The third-order valence-electron chi connectivity index (χ3n) is 6.11. The Bertz CT molecular complexity index is 1170. The van der Waals surface area contributed by atoms with Gasteiger partial charge in [0.15, 0.2) is 24.1 Å². The normalized spacial score (nSPS) is 17.8. The molecule has 0 radical (unpaired) electrons. The molecule has 3 aromatic rings. The Kier molecular flexibility index (Phi) is 5.37. The van der Waals surface area contributed by atoms with Gasteiger partial charge in [-0.05, 0) is 24.3 Å². The number of anilines is 3. The molecular formula is C24H23FN6O2. The summed E-state index contributed by atoms with van der Waals surface area (Å²) in [6.07, 6.45) is 1.57. The summed E-state index contributed by atoms with van der Waals surface area (Å²) < 4.78 is 13.2. The first-order valence-corrected chi connectivity index (χ1v) is 10.8. The fourth-order valence-electron chi connectivity index (χ4n) is 4.29. The predicted octanol–water partition coefficient (Wildman–Crippen LogP) is 3.01. The van der Waals surface area contributed by atoms with Gasteiger partial charge in [0.25, 0.3) is 0 Å². The highest BCUT2D eigenvalue weighted by molar-refractivity contribution is 6.03. The van der Waals surface area contributed by atoms with Gasteiger partial charge in [0.1, 0.15) is 11.5 Å². The molecule has 0 aliphatic carbocycles. The summed E-state index contributed by atoms with van der Waals surface area (Å²) in [4.78, 5) is 41.5. The number of urea groups is 1. The van der Waals surface area contributed by atoms with Crippen molar-refractivity contribution in [2.45, 2.75) is 6.17 Å². The molecule has 1 saturated heterocycles. The van der Waals surface area contributed by atoms with Crippen molar-refractivity contribution in [3.63, 3.8) is 0 Å². The van der Waals surface area contributed by atoms with Gasteiger partial charge in [0.2, 0.25) is 0 Å². The van der Waals surface area contributed by atoms with Gasteiger partial charge in [-0.15, -0.1) is 0 Å². The van der Waals surface area contributed by atoms with Crippen molar-refractivity contribution in [2.24, 2.45) is 0 Å². The lowest BCUT2D eigenvalue weighted by Gasteiger charge is -2.38. The maximum atomic E-state index is 13.5. The van der Waals surface area contributed by atoms with Gasteiger partial charge in [-0.25, -0.2) is 19.2 Å². The average Bonchev–Trinajstić information content (AvgIpc) is 3.15. The highest BCUT2D eigenvalue weighted by Gasteiger charge is 2.41. The molecular weight excluding hydrogens is 423 g/mol. The number of rotatable bonds is 3. The molecule has 2 aromatic carbocycles. The van der Waals surface area contributed by atoms with Gasteiger partial charge < -0.3 is 14.7 Å². The summed E-state index contributed by atoms with van der Waals surface area (Å²) in [5, 5.41) is 0. The molecule has 0 saturated carbocycles. The topological polar surface area (TPSA) is 72.9 Å². The fourth-order valence-corrected chi connectivity index (χ4v) is 4.29. The summed E-state index contributed by atoms with van der Waals surface area (Å²) in [6, 6.07) is 15.6. The van der Waals surface area contributed by atoms with Crippen LogP contribution in [0.25, 0.3) is 11.4 Å². The minimum atomic E-state index is -0.789. The fraction of sp³-hybridized carbons (Fsp3) is 0.250. The molecule has 1 unspecified atom stereocenters. The second-order valence-corrected chi connectivity index (χ2v) is 8.03. The highest BCUT2D eigenvalue weighted by Crippen LogP contribution is 2.38. The first-order valence-electron chi connectivity index (χ1n) is 10.8. The van der Waals surface area contributed by atoms with E-state index in [0.717, 1.165) is 17.5 Å². The third kappa shape index (κ3) is 3.75. The van der Waals surface area contributed by atoms with Crippen LogP contribution in [0.4, 0.5) is 26.4 Å². The summed E-state index contributed by atoms with van der Waals surface area (Å²) in [5.74, 6) is 0.800. The van der Waals surface area contributed by atoms with Crippen molar-refractivity contribution in [3.05, 3.63) is 66.6 Å². The number of benzene rings is 2. The molecule has 168 valence electrons. The van der Waals surface area contributed by atoms with Crippen molar-refractivity contribution in [3.8, 4) is 11.4 Å².